The Morgan fingerprint density at radius 2 is 0.500 bits per heavy atom. The zero-order valence-corrected chi connectivity index (χ0v) is 28.3. The Hall–Kier alpha value is -5.83. The maximum atomic E-state index is 6.96. The van der Waals surface area contributed by atoms with Crippen LogP contribution in [0.5, 0.6) is 0 Å². The lowest BCUT2D eigenvalue weighted by Gasteiger charge is -2.31. The van der Waals surface area contributed by atoms with Gasteiger partial charge in [-0.05, 0) is 43.3 Å². The molecule has 1 aliphatic rings. The van der Waals surface area contributed by atoms with Crippen LogP contribution in [0.2, 0.25) is 0 Å². The highest BCUT2D eigenvalue weighted by Gasteiger charge is 2.46. The first kappa shape index (κ1) is 30.8. The van der Waals surface area contributed by atoms with E-state index in [9.17, 15) is 0 Å². The molecule has 7 rings (SSSR count). The van der Waals surface area contributed by atoms with Crippen molar-refractivity contribution in [2.75, 3.05) is 0 Å². The SMILES string of the molecule is C1=CC(=NO[Si](c2ccccc2)(c2ccccc2)c2ccccc2)C(=NO[Si](c2ccccc2)(c2ccccc2)c2ccccc2)C=C1. The van der Waals surface area contributed by atoms with E-state index in [1.54, 1.807) is 0 Å². The smallest absolute Gasteiger partial charge is 0.380 e. The van der Waals surface area contributed by atoms with Gasteiger partial charge in [0.15, 0.2) is 0 Å². The second kappa shape index (κ2) is 14.3. The topological polar surface area (TPSA) is 43.2 Å². The predicted molar refractivity (Wildman–Crippen MR) is 203 cm³/mol. The normalized spacial score (nSPS) is 14.6. The second-order valence-electron chi connectivity index (χ2n) is 11.4. The third kappa shape index (κ3) is 6.02. The molecule has 48 heavy (non-hydrogen) atoms. The van der Waals surface area contributed by atoms with Crippen molar-refractivity contribution in [3.8, 4) is 0 Å². The van der Waals surface area contributed by atoms with Crippen LogP contribution in [0.1, 0.15) is 0 Å². The highest BCUT2D eigenvalue weighted by molar-refractivity contribution is 7.07. The van der Waals surface area contributed by atoms with E-state index in [4.69, 9.17) is 19.4 Å². The minimum atomic E-state index is -3.09. The number of oxime groups is 2. The summed E-state index contributed by atoms with van der Waals surface area (Å²) in [5.74, 6) is 0. The molecule has 1 aliphatic carbocycles. The molecule has 4 nitrogen and oxygen atoms in total. The quantitative estimate of drug-likeness (QED) is 0.0884. The molecule has 0 saturated heterocycles. The van der Waals surface area contributed by atoms with E-state index in [-0.39, 0.29) is 0 Å². The summed E-state index contributed by atoms with van der Waals surface area (Å²) in [4.78, 5) is 0. The lowest BCUT2D eigenvalue weighted by atomic mass is 10.1. The Bertz CT molecular complexity index is 1710. The van der Waals surface area contributed by atoms with E-state index in [2.05, 4.69) is 146 Å². The van der Waals surface area contributed by atoms with Gasteiger partial charge in [-0.25, -0.2) is 0 Å². The average Bonchev–Trinajstić information content (AvgIpc) is 3.18. The van der Waals surface area contributed by atoms with E-state index in [0.29, 0.717) is 11.4 Å². The monoisotopic (exact) mass is 654 g/mol. The van der Waals surface area contributed by atoms with Gasteiger partial charge in [0.25, 0.3) is 0 Å². The van der Waals surface area contributed by atoms with Crippen molar-refractivity contribution in [3.63, 3.8) is 0 Å². The Labute approximate surface area is 283 Å². The van der Waals surface area contributed by atoms with Crippen molar-refractivity contribution in [2.45, 2.75) is 0 Å². The van der Waals surface area contributed by atoms with Gasteiger partial charge in [0, 0.05) is 0 Å². The van der Waals surface area contributed by atoms with E-state index in [1.807, 2.05) is 60.7 Å². The molecule has 0 heterocycles. The fourth-order valence-corrected chi connectivity index (χ4v) is 13.3. The maximum Gasteiger partial charge on any atom is 0.380 e. The van der Waals surface area contributed by atoms with Gasteiger partial charge in [-0.1, -0.05) is 204 Å². The minimum Gasteiger partial charge on any atom is -0.437 e. The van der Waals surface area contributed by atoms with Gasteiger partial charge in [-0.2, -0.15) is 0 Å². The van der Waals surface area contributed by atoms with Crippen molar-refractivity contribution >= 4 is 59.2 Å². The maximum absolute atomic E-state index is 6.96. The molecule has 0 aromatic heterocycles. The molecule has 0 saturated carbocycles. The average molecular weight is 655 g/mol. The third-order valence-electron chi connectivity index (χ3n) is 8.53. The zero-order valence-electron chi connectivity index (χ0n) is 26.3. The van der Waals surface area contributed by atoms with Crippen LogP contribution in [-0.4, -0.2) is 28.1 Å². The van der Waals surface area contributed by atoms with Gasteiger partial charge in [-0.3, -0.25) is 0 Å². The molecule has 0 aliphatic heterocycles. The minimum absolute atomic E-state index is 0.592. The molecule has 6 heteroatoms. The molecule has 0 spiro atoms. The van der Waals surface area contributed by atoms with Crippen LogP contribution in [0.15, 0.2) is 217 Å². The van der Waals surface area contributed by atoms with Crippen LogP contribution in [0.4, 0.5) is 0 Å². The molecule has 6 aromatic carbocycles. The summed E-state index contributed by atoms with van der Waals surface area (Å²) in [6, 6.07) is 62.6. The van der Waals surface area contributed by atoms with Gasteiger partial charge >= 0.3 is 16.6 Å². The molecule has 0 radical (unpaired) electrons. The highest BCUT2D eigenvalue weighted by Crippen LogP contribution is 2.14. The summed E-state index contributed by atoms with van der Waals surface area (Å²) in [7, 11) is -6.18. The Morgan fingerprint density at radius 1 is 0.292 bits per heavy atom. The van der Waals surface area contributed by atoms with Crippen molar-refractivity contribution in [1.82, 2.24) is 0 Å². The molecule has 0 amide bonds. The van der Waals surface area contributed by atoms with Crippen LogP contribution >= 0.6 is 0 Å². The van der Waals surface area contributed by atoms with Gasteiger partial charge < -0.3 is 9.05 Å². The van der Waals surface area contributed by atoms with Crippen molar-refractivity contribution in [3.05, 3.63) is 206 Å². The van der Waals surface area contributed by atoms with Crippen LogP contribution in [0.25, 0.3) is 0 Å². The first-order valence-electron chi connectivity index (χ1n) is 16.0. The highest BCUT2D eigenvalue weighted by atomic mass is 28.4. The standard InChI is InChI=1S/C42H34N2O2Si2/c1-7-21-35(22-8-1)47(36-23-9-2-10-24-36,37-25-11-3-12-26-37)45-43-41-33-19-20-34-42(41)44-46-48(38-27-13-4-14-28-38,39-29-15-5-16-30-39)40-31-17-6-18-32-40/h1-34H. The Balaban J connectivity index is 1.36. The van der Waals surface area contributed by atoms with Crippen LogP contribution < -0.4 is 31.1 Å². The second-order valence-corrected chi connectivity index (χ2v) is 18.0. The Kier molecular flexibility index (Phi) is 9.18. The lowest BCUT2D eigenvalue weighted by Crippen LogP contribution is -2.68. The molecular weight excluding hydrogens is 621 g/mol. The van der Waals surface area contributed by atoms with E-state index in [1.165, 1.54) is 0 Å². The third-order valence-corrected chi connectivity index (χ3v) is 16.1. The van der Waals surface area contributed by atoms with Crippen molar-refractivity contribution in [1.29, 1.82) is 0 Å². The fraction of sp³-hybridized carbons (Fsp3) is 0. The number of allylic oxidation sites excluding steroid dienone is 4. The van der Waals surface area contributed by atoms with E-state index < -0.39 is 16.6 Å². The zero-order chi connectivity index (χ0) is 32.5. The molecule has 0 fully saturated rings. The van der Waals surface area contributed by atoms with Gasteiger partial charge in [0.2, 0.25) is 0 Å². The number of nitrogens with zero attached hydrogens (tertiary/aromatic N) is 2. The summed E-state index contributed by atoms with van der Waals surface area (Å²) in [6.07, 6.45) is 7.76. The molecule has 0 unspecified atom stereocenters. The summed E-state index contributed by atoms with van der Waals surface area (Å²) >= 11 is 0. The van der Waals surface area contributed by atoms with E-state index in [0.717, 1.165) is 31.1 Å². The van der Waals surface area contributed by atoms with Gasteiger partial charge in [-0.15, -0.1) is 0 Å². The molecule has 6 aromatic rings. The molecule has 0 bridgehead atoms. The van der Waals surface area contributed by atoms with Gasteiger partial charge in [0.05, 0.1) is 0 Å². The Morgan fingerprint density at radius 3 is 0.708 bits per heavy atom. The summed E-state index contributed by atoms with van der Waals surface area (Å²) in [5, 5.41) is 16.4. The molecule has 0 N–H and O–H groups in total. The summed E-state index contributed by atoms with van der Waals surface area (Å²) in [6.45, 7) is 0. The number of hydrogen-bond donors (Lipinski definition) is 0. The van der Waals surface area contributed by atoms with Crippen LogP contribution in [0, 0.1) is 0 Å². The lowest BCUT2D eigenvalue weighted by molar-refractivity contribution is 0.345. The van der Waals surface area contributed by atoms with Crippen LogP contribution in [-0.2, 0) is 9.05 Å². The molecule has 0 atom stereocenters. The first-order valence-corrected chi connectivity index (χ1v) is 19.8. The van der Waals surface area contributed by atoms with Crippen LogP contribution in [0.3, 0.4) is 0 Å². The fourth-order valence-electron chi connectivity index (χ4n) is 6.21. The summed E-state index contributed by atoms with van der Waals surface area (Å²) < 4.78 is 13.9. The first-order chi connectivity index (χ1) is 23.8. The van der Waals surface area contributed by atoms with E-state index >= 15 is 0 Å². The molecular formula is C42H34N2O2Si2. The number of rotatable bonds is 10. The number of hydrogen-bond acceptors (Lipinski definition) is 4. The number of benzene rings is 6. The predicted octanol–water partition coefficient (Wildman–Crippen LogP) is 5.19. The van der Waals surface area contributed by atoms with Crippen molar-refractivity contribution in [2.24, 2.45) is 10.3 Å². The van der Waals surface area contributed by atoms with Crippen molar-refractivity contribution < 1.29 is 9.05 Å². The largest absolute Gasteiger partial charge is 0.437 e. The molecule has 232 valence electrons. The summed E-state index contributed by atoms with van der Waals surface area (Å²) in [5.41, 5.74) is 1.18. The van der Waals surface area contributed by atoms with Gasteiger partial charge in [0.1, 0.15) is 11.4 Å².